The second kappa shape index (κ2) is 6.01. The molecule has 3 rings (SSSR count). The number of carboxylic acid groups (broad SMARTS) is 1. The molecule has 0 amide bonds. The van der Waals surface area contributed by atoms with Gasteiger partial charge >= 0.3 is 5.97 Å². The Morgan fingerprint density at radius 1 is 1.55 bits per heavy atom. The van der Waals surface area contributed by atoms with E-state index in [4.69, 9.17) is 4.74 Å². The van der Waals surface area contributed by atoms with Crippen molar-refractivity contribution in [3.63, 3.8) is 0 Å². The molecule has 1 aliphatic heterocycles. The fourth-order valence-electron chi connectivity index (χ4n) is 2.16. The Morgan fingerprint density at radius 3 is 3.20 bits per heavy atom. The van der Waals surface area contributed by atoms with Crippen LogP contribution in [0, 0.1) is 0 Å². The lowest BCUT2D eigenvalue weighted by atomic mass is 10.2. The van der Waals surface area contributed by atoms with E-state index in [1.807, 2.05) is 21.7 Å². The van der Waals surface area contributed by atoms with Gasteiger partial charge in [0.2, 0.25) is 0 Å². The number of hydrogen-bond donors (Lipinski definition) is 1. The van der Waals surface area contributed by atoms with Crippen molar-refractivity contribution in [2.75, 3.05) is 19.8 Å². The molecule has 1 fully saturated rings. The smallest absolute Gasteiger partial charge is 0.323 e. The number of carboxylic acids is 1. The molecule has 0 spiro atoms. The van der Waals surface area contributed by atoms with Crippen molar-refractivity contribution >= 4 is 28.6 Å². The third-order valence-corrected chi connectivity index (χ3v) is 4.83. The normalized spacial score (nSPS) is 20.1. The molecular formula is C13H14N2O3S2. The molecule has 1 saturated heterocycles. The van der Waals surface area contributed by atoms with Crippen molar-refractivity contribution in [2.45, 2.75) is 12.6 Å². The molecule has 2 aromatic rings. The van der Waals surface area contributed by atoms with Crippen LogP contribution in [0.2, 0.25) is 0 Å². The van der Waals surface area contributed by atoms with Crippen LogP contribution < -0.4 is 0 Å². The third kappa shape index (κ3) is 2.90. The van der Waals surface area contributed by atoms with Crippen molar-refractivity contribution in [1.29, 1.82) is 0 Å². The van der Waals surface area contributed by atoms with Gasteiger partial charge in [-0.25, -0.2) is 4.98 Å². The predicted molar refractivity (Wildman–Crippen MR) is 78.1 cm³/mol. The SMILES string of the molecule is O=C(O)C1COCCN1Cc1csc(-c2ccsc2)n1. The molecule has 1 atom stereocenters. The van der Waals surface area contributed by atoms with E-state index in [9.17, 15) is 9.90 Å². The second-order valence-corrected chi connectivity index (χ2v) is 6.19. The minimum absolute atomic E-state index is 0.247. The van der Waals surface area contributed by atoms with E-state index in [0.717, 1.165) is 16.3 Å². The lowest BCUT2D eigenvalue weighted by Gasteiger charge is -2.32. The fourth-order valence-corrected chi connectivity index (χ4v) is 3.68. The highest BCUT2D eigenvalue weighted by molar-refractivity contribution is 7.14. The highest BCUT2D eigenvalue weighted by atomic mass is 32.1. The van der Waals surface area contributed by atoms with Crippen LogP contribution in [0.15, 0.2) is 22.2 Å². The van der Waals surface area contributed by atoms with Crippen molar-refractivity contribution < 1.29 is 14.6 Å². The number of morpholine rings is 1. The maximum Gasteiger partial charge on any atom is 0.323 e. The van der Waals surface area contributed by atoms with Crippen LogP contribution in [-0.4, -0.2) is 46.8 Å². The van der Waals surface area contributed by atoms with Crippen molar-refractivity contribution in [3.05, 3.63) is 27.9 Å². The number of nitrogens with zero attached hydrogens (tertiary/aromatic N) is 2. The van der Waals surface area contributed by atoms with Gasteiger partial charge in [0.05, 0.1) is 18.9 Å². The molecule has 0 aliphatic carbocycles. The first-order valence-electron chi connectivity index (χ1n) is 6.25. The summed E-state index contributed by atoms with van der Waals surface area (Å²) in [4.78, 5) is 17.7. The van der Waals surface area contributed by atoms with Crippen LogP contribution in [0.1, 0.15) is 5.69 Å². The molecule has 20 heavy (non-hydrogen) atoms. The number of rotatable bonds is 4. The molecule has 0 radical (unpaired) electrons. The largest absolute Gasteiger partial charge is 0.480 e. The maximum atomic E-state index is 11.2. The number of thiazole rings is 1. The van der Waals surface area contributed by atoms with E-state index in [1.54, 1.807) is 22.7 Å². The van der Waals surface area contributed by atoms with Gasteiger partial charge in [-0.15, -0.1) is 11.3 Å². The van der Waals surface area contributed by atoms with E-state index < -0.39 is 12.0 Å². The predicted octanol–water partition coefficient (Wildman–Crippen LogP) is 2.16. The van der Waals surface area contributed by atoms with Crippen LogP contribution in [0.5, 0.6) is 0 Å². The summed E-state index contributed by atoms with van der Waals surface area (Å²) in [6, 6.07) is 1.47. The lowest BCUT2D eigenvalue weighted by molar-refractivity contribution is -0.150. The number of ether oxygens (including phenoxy) is 1. The minimum atomic E-state index is -0.835. The quantitative estimate of drug-likeness (QED) is 0.937. The molecule has 0 aromatic carbocycles. The van der Waals surface area contributed by atoms with Gasteiger partial charge in [0.15, 0.2) is 0 Å². The number of hydrogen-bond acceptors (Lipinski definition) is 6. The first kappa shape index (κ1) is 13.7. The molecule has 3 heterocycles. The average molecular weight is 310 g/mol. The molecular weight excluding hydrogens is 296 g/mol. The molecule has 1 aliphatic rings. The molecule has 7 heteroatoms. The highest BCUT2D eigenvalue weighted by Gasteiger charge is 2.29. The molecule has 2 aromatic heterocycles. The Kier molecular flexibility index (Phi) is 4.11. The van der Waals surface area contributed by atoms with E-state index >= 15 is 0 Å². The van der Waals surface area contributed by atoms with Crippen LogP contribution in [0.25, 0.3) is 10.6 Å². The number of thiophene rings is 1. The van der Waals surface area contributed by atoms with E-state index in [1.165, 1.54) is 0 Å². The van der Waals surface area contributed by atoms with Crippen LogP contribution in [-0.2, 0) is 16.1 Å². The second-order valence-electron chi connectivity index (χ2n) is 4.56. The van der Waals surface area contributed by atoms with E-state index in [2.05, 4.69) is 10.4 Å². The van der Waals surface area contributed by atoms with Gasteiger partial charge in [0.25, 0.3) is 0 Å². The van der Waals surface area contributed by atoms with E-state index in [-0.39, 0.29) is 6.61 Å². The highest BCUT2D eigenvalue weighted by Crippen LogP contribution is 2.26. The van der Waals surface area contributed by atoms with Crippen molar-refractivity contribution in [1.82, 2.24) is 9.88 Å². The standard InChI is InChI=1S/C13H14N2O3S2/c16-13(17)11-6-18-3-2-15(11)5-10-8-20-12(14-10)9-1-4-19-7-9/h1,4,7-8,11H,2-3,5-6H2,(H,16,17). The topological polar surface area (TPSA) is 62.7 Å². The zero-order valence-corrected chi connectivity index (χ0v) is 12.3. The van der Waals surface area contributed by atoms with Crippen LogP contribution in [0.4, 0.5) is 0 Å². The van der Waals surface area contributed by atoms with Crippen molar-refractivity contribution in [2.24, 2.45) is 0 Å². The summed E-state index contributed by atoms with van der Waals surface area (Å²) in [7, 11) is 0. The molecule has 5 nitrogen and oxygen atoms in total. The first-order chi connectivity index (χ1) is 9.74. The number of carbonyl (C=O) groups is 1. The van der Waals surface area contributed by atoms with Gasteiger partial charge in [-0.3, -0.25) is 9.69 Å². The van der Waals surface area contributed by atoms with Crippen LogP contribution >= 0.6 is 22.7 Å². The minimum Gasteiger partial charge on any atom is -0.480 e. The van der Waals surface area contributed by atoms with E-state index in [0.29, 0.717) is 19.7 Å². The third-order valence-electron chi connectivity index (χ3n) is 3.21. The summed E-state index contributed by atoms with van der Waals surface area (Å²) in [5.41, 5.74) is 2.05. The Labute approximate surface area is 124 Å². The van der Waals surface area contributed by atoms with Gasteiger partial charge in [-0.05, 0) is 11.4 Å². The van der Waals surface area contributed by atoms with Gasteiger partial charge in [-0.1, -0.05) is 0 Å². The molecule has 1 N–H and O–H groups in total. The Morgan fingerprint density at radius 2 is 2.45 bits per heavy atom. The molecule has 0 bridgehead atoms. The molecule has 1 unspecified atom stereocenters. The Hall–Kier alpha value is -1.28. The summed E-state index contributed by atoms with van der Waals surface area (Å²) in [6.07, 6.45) is 0. The fraction of sp³-hybridized carbons (Fsp3) is 0.385. The van der Waals surface area contributed by atoms with Gasteiger partial charge < -0.3 is 9.84 Å². The number of aromatic nitrogens is 1. The molecule has 0 saturated carbocycles. The zero-order valence-electron chi connectivity index (χ0n) is 10.7. The van der Waals surface area contributed by atoms with Gasteiger partial charge in [0, 0.05) is 29.4 Å². The summed E-state index contributed by atoms with van der Waals surface area (Å²) < 4.78 is 5.24. The Balaban J connectivity index is 1.72. The van der Waals surface area contributed by atoms with Crippen LogP contribution in [0.3, 0.4) is 0 Å². The first-order valence-corrected chi connectivity index (χ1v) is 8.08. The van der Waals surface area contributed by atoms with Crippen molar-refractivity contribution in [3.8, 4) is 10.6 Å². The average Bonchev–Trinajstić information content (AvgIpc) is 3.09. The number of aliphatic carboxylic acids is 1. The monoisotopic (exact) mass is 310 g/mol. The maximum absolute atomic E-state index is 11.2. The summed E-state index contributed by atoms with van der Waals surface area (Å²) in [5, 5.41) is 16.3. The van der Waals surface area contributed by atoms with Gasteiger partial charge in [-0.2, -0.15) is 11.3 Å². The summed E-state index contributed by atoms with van der Waals surface area (Å²) in [6.45, 7) is 2.01. The summed E-state index contributed by atoms with van der Waals surface area (Å²) >= 11 is 3.24. The summed E-state index contributed by atoms with van der Waals surface area (Å²) in [5.74, 6) is -0.835. The lowest BCUT2D eigenvalue weighted by Crippen LogP contribution is -2.49. The zero-order chi connectivity index (χ0) is 13.9. The Bertz CT molecular complexity index is 582. The molecule has 106 valence electrons. The van der Waals surface area contributed by atoms with Gasteiger partial charge in [0.1, 0.15) is 11.0 Å².